The number of thiazole rings is 1. The van der Waals surface area contributed by atoms with E-state index in [0.29, 0.717) is 41.6 Å². The van der Waals surface area contributed by atoms with Crippen LogP contribution in [0.1, 0.15) is 28.2 Å². The number of piperidine rings is 1. The highest BCUT2D eigenvalue weighted by Crippen LogP contribution is 2.23. The van der Waals surface area contributed by atoms with Gasteiger partial charge in [-0.3, -0.25) is 4.79 Å². The van der Waals surface area contributed by atoms with E-state index >= 15 is 0 Å². The lowest BCUT2D eigenvalue weighted by atomic mass is 10.1. The van der Waals surface area contributed by atoms with E-state index in [2.05, 4.69) is 4.98 Å². The molecule has 1 fully saturated rings. The van der Waals surface area contributed by atoms with E-state index in [1.54, 1.807) is 11.8 Å². The number of aliphatic hydroxyl groups excluding tert-OH is 1. The predicted octanol–water partition coefficient (Wildman–Crippen LogP) is 0.631. The molecule has 6 heteroatoms. The molecular formula is C10H15N3O2S. The first-order valence-corrected chi connectivity index (χ1v) is 6.10. The van der Waals surface area contributed by atoms with Crippen LogP contribution in [0.4, 0.5) is 5.13 Å². The van der Waals surface area contributed by atoms with Crippen molar-refractivity contribution < 1.29 is 9.90 Å². The average Bonchev–Trinajstić information content (AvgIpc) is 2.58. The molecule has 0 unspecified atom stereocenters. The summed E-state index contributed by atoms with van der Waals surface area (Å²) in [5.74, 6) is -0.0152. The normalized spacial score (nSPS) is 17.8. The van der Waals surface area contributed by atoms with Gasteiger partial charge >= 0.3 is 0 Å². The Hall–Kier alpha value is -1.14. The van der Waals surface area contributed by atoms with Gasteiger partial charge in [0, 0.05) is 13.1 Å². The molecule has 0 bridgehead atoms. The number of nitrogen functional groups attached to an aromatic ring is 1. The summed E-state index contributed by atoms with van der Waals surface area (Å²) in [4.78, 5) is 18.5. The lowest BCUT2D eigenvalue weighted by Crippen LogP contribution is -2.39. The Bertz CT molecular complexity index is 397. The number of carbonyl (C=O) groups is 1. The maximum Gasteiger partial charge on any atom is 0.265 e. The van der Waals surface area contributed by atoms with Gasteiger partial charge in [-0.1, -0.05) is 11.3 Å². The molecule has 16 heavy (non-hydrogen) atoms. The quantitative estimate of drug-likeness (QED) is 0.756. The fourth-order valence-electron chi connectivity index (χ4n) is 1.83. The zero-order valence-corrected chi connectivity index (χ0v) is 9.96. The van der Waals surface area contributed by atoms with E-state index in [-0.39, 0.29) is 12.0 Å². The minimum atomic E-state index is -0.267. The smallest absolute Gasteiger partial charge is 0.265 e. The molecule has 0 spiro atoms. The third kappa shape index (κ3) is 2.17. The minimum Gasteiger partial charge on any atom is -0.393 e. The molecule has 1 aliphatic heterocycles. The number of nitrogens with two attached hydrogens (primary N) is 1. The highest BCUT2D eigenvalue weighted by molar-refractivity contribution is 7.17. The van der Waals surface area contributed by atoms with Crippen molar-refractivity contribution in [2.45, 2.75) is 25.9 Å². The van der Waals surface area contributed by atoms with Gasteiger partial charge in [0.25, 0.3) is 5.91 Å². The summed E-state index contributed by atoms with van der Waals surface area (Å²) >= 11 is 1.23. The lowest BCUT2D eigenvalue weighted by Gasteiger charge is -2.29. The molecule has 1 aromatic rings. The zero-order chi connectivity index (χ0) is 11.7. The van der Waals surface area contributed by atoms with E-state index in [1.165, 1.54) is 11.3 Å². The monoisotopic (exact) mass is 241 g/mol. The van der Waals surface area contributed by atoms with Crippen molar-refractivity contribution in [3.05, 3.63) is 10.6 Å². The Labute approximate surface area is 97.9 Å². The molecule has 0 atom stereocenters. The van der Waals surface area contributed by atoms with Gasteiger partial charge in [0.1, 0.15) is 4.88 Å². The molecule has 0 radical (unpaired) electrons. The van der Waals surface area contributed by atoms with E-state index in [4.69, 9.17) is 5.73 Å². The molecular weight excluding hydrogens is 226 g/mol. The van der Waals surface area contributed by atoms with Crippen LogP contribution in [0.5, 0.6) is 0 Å². The third-order valence-corrected chi connectivity index (χ3v) is 3.73. The third-order valence-electron chi connectivity index (χ3n) is 2.76. The predicted molar refractivity (Wildman–Crippen MR) is 62.4 cm³/mol. The van der Waals surface area contributed by atoms with Gasteiger partial charge in [-0.15, -0.1) is 0 Å². The molecule has 2 heterocycles. The molecule has 1 aromatic heterocycles. The zero-order valence-electron chi connectivity index (χ0n) is 9.14. The Morgan fingerprint density at radius 2 is 2.19 bits per heavy atom. The van der Waals surface area contributed by atoms with E-state index in [1.807, 2.05) is 0 Å². The second-order valence-electron chi connectivity index (χ2n) is 3.99. The molecule has 0 aromatic carbocycles. The van der Waals surface area contributed by atoms with Gasteiger partial charge in [-0.05, 0) is 19.8 Å². The number of amides is 1. The van der Waals surface area contributed by atoms with Crippen molar-refractivity contribution >= 4 is 22.4 Å². The molecule has 0 aliphatic carbocycles. The SMILES string of the molecule is Cc1nc(N)sc1C(=O)N1CCC(O)CC1. The Balaban J connectivity index is 2.10. The number of aliphatic hydroxyl groups is 1. The number of hydrogen-bond donors (Lipinski definition) is 2. The Morgan fingerprint density at radius 3 is 2.69 bits per heavy atom. The molecule has 1 aliphatic rings. The molecule has 5 nitrogen and oxygen atoms in total. The van der Waals surface area contributed by atoms with Crippen molar-refractivity contribution in [2.24, 2.45) is 0 Å². The van der Waals surface area contributed by atoms with Crippen LogP contribution in [0.25, 0.3) is 0 Å². The highest BCUT2D eigenvalue weighted by Gasteiger charge is 2.25. The largest absolute Gasteiger partial charge is 0.393 e. The number of likely N-dealkylation sites (tertiary alicyclic amines) is 1. The van der Waals surface area contributed by atoms with E-state index in [9.17, 15) is 9.90 Å². The fourth-order valence-corrected chi connectivity index (χ4v) is 2.63. The average molecular weight is 241 g/mol. The van der Waals surface area contributed by atoms with Crippen LogP contribution in [0.2, 0.25) is 0 Å². The Kier molecular flexibility index (Phi) is 3.11. The summed E-state index contributed by atoms with van der Waals surface area (Å²) in [7, 11) is 0. The van der Waals surface area contributed by atoms with Crippen molar-refractivity contribution in [3.8, 4) is 0 Å². The number of anilines is 1. The van der Waals surface area contributed by atoms with Gasteiger partial charge in [-0.2, -0.15) is 0 Å². The van der Waals surface area contributed by atoms with E-state index in [0.717, 1.165) is 0 Å². The van der Waals surface area contributed by atoms with Crippen LogP contribution in [0.3, 0.4) is 0 Å². The van der Waals surface area contributed by atoms with Gasteiger partial charge in [-0.25, -0.2) is 4.98 Å². The minimum absolute atomic E-state index is 0.0152. The van der Waals surface area contributed by atoms with Crippen molar-refractivity contribution in [3.63, 3.8) is 0 Å². The van der Waals surface area contributed by atoms with Crippen molar-refractivity contribution in [1.82, 2.24) is 9.88 Å². The lowest BCUT2D eigenvalue weighted by molar-refractivity contribution is 0.0550. The number of aryl methyl sites for hydroxylation is 1. The van der Waals surface area contributed by atoms with E-state index < -0.39 is 0 Å². The molecule has 3 N–H and O–H groups in total. The van der Waals surface area contributed by atoms with Gasteiger partial charge < -0.3 is 15.7 Å². The fraction of sp³-hybridized carbons (Fsp3) is 0.600. The number of carbonyl (C=O) groups excluding carboxylic acids is 1. The summed E-state index contributed by atoms with van der Waals surface area (Å²) in [5.41, 5.74) is 6.26. The molecule has 2 rings (SSSR count). The van der Waals surface area contributed by atoms with Crippen LogP contribution in [-0.4, -0.2) is 40.1 Å². The number of hydrogen-bond acceptors (Lipinski definition) is 5. The van der Waals surface area contributed by atoms with Crippen molar-refractivity contribution in [1.29, 1.82) is 0 Å². The van der Waals surface area contributed by atoms with Crippen LogP contribution < -0.4 is 5.73 Å². The first-order valence-electron chi connectivity index (χ1n) is 5.28. The maximum atomic E-state index is 12.1. The summed E-state index contributed by atoms with van der Waals surface area (Å²) in [6.07, 6.45) is 1.04. The first-order chi connectivity index (χ1) is 7.58. The van der Waals surface area contributed by atoms with Crippen LogP contribution >= 0.6 is 11.3 Å². The second-order valence-corrected chi connectivity index (χ2v) is 5.02. The first kappa shape index (κ1) is 11.3. The number of nitrogens with zero attached hydrogens (tertiary/aromatic N) is 2. The van der Waals surface area contributed by atoms with Gasteiger partial charge in [0.2, 0.25) is 0 Å². The van der Waals surface area contributed by atoms with Crippen LogP contribution in [0, 0.1) is 6.92 Å². The summed E-state index contributed by atoms with van der Waals surface area (Å²) in [6.45, 7) is 3.01. The molecule has 1 saturated heterocycles. The highest BCUT2D eigenvalue weighted by atomic mass is 32.1. The number of rotatable bonds is 1. The van der Waals surface area contributed by atoms with Gasteiger partial charge in [0.05, 0.1) is 11.8 Å². The summed E-state index contributed by atoms with van der Waals surface area (Å²) in [6, 6.07) is 0. The Morgan fingerprint density at radius 1 is 1.56 bits per heavy atom. The summed E-state index contributed by atoms with van der Waals surface area (Å²) < 4.78 is 0. The van der Waals surface area contributed by atoms with Crippen molar-refractivity contribution in [2.75, 3.05) is 18.8 Å². The molecule has 88 valence electrons. The second kappa shape index (κ2) is 4.39. The maximum absolute atomic E-state index is 12.1. The van der Waals surface area contributed by atoms with Gasteiger partial charge in [0.15, 0.2) is 5.13 Å². The molecule has 0 saturated carbocycles. The van der Waals surface area contributed by atoms with Crippen LogP contribution in [-0.2, 0) is 0 Å². The topological polar surface area (TPSA) is 79.5 Å². The summed E-state index contributed by atoms with van der Waals surface area (Å²) in [5, 5.41) is 9.80. The number of aromatic nitrogens is 1. The van der Waals surface area contributed by atoms with Crippen LogP contribution in [0.15, 0.2) is 0 Å². The molecule has 1 amide bonds. The standard InChI is InChI=1S/C10H15N3O2S/c1-6-8(16-10(11)12-6)9(15)13-4-2-7(14)3-5-13/h7,14H,2-5H2,1H3,(H2,11,12).